The number of halogens is 2. The van der Waals surface area contributed by atoms with Crippen LogP contribution in [0.3, 0.4) is 0 Å². The maximum absolute atomic E-state index is 2.57. The van der Waals surface area contributed by atoms with Crippen molar-refractivity contribution in [3.05, 3.63) is 130 Å². The Labute approximate surface area is 264 Å². The zero-order valence-corrected chi connectivity index (χ0v) is 27.7. The average molecular weight is 643 g/mol. The van der Waals surface area contributed by atoms with Gasteiger partial charge < -0.3 is 24.8 Å². The Bertz CT molecular complexity index is 1530. The van der Waals surface area contributed by atoms with Gasteiger partial charge in [-0.1, -0.05) is 0 Å². The van der Waals surface area contributed by atoms with E-state index in [1.165, 1.54) is 46.2 Å². The number of allylic oxidation sites excluding steroid dienone is 2. The molecule has 202 valence electrons. The molecule has 2 atom stereocenters. The van der Waals surface area contributed by atoms with Crippen LogP contribution in [-0.2, 0) is 29.7 Å². The molecule has 0 aromatic heterocycles. The van der Waals surface area contributed by atoms with E-state index in [-0.39, 0.29) is 24.8 Å². The van der Waals surface area contributed by atoms with Crippen molar-refractivity contribution in [1.29, 1.82) is 0 Å². The van der Waals surface area contributed by atoms with Crippen LogP contribution in [0.4, 0.5) is 0 Å². The van der Waals surface area contributed by atoms with E-state index < -0.39 is 23.2 Å². The summed E-state index contributed by atoms with van der Waals surface area (Å²) in [7, 11) is 0. The van der Waals surface area contributed by atoms with Gasteiger partial charge in [-0.15, -0.1) is 0 Å². The number of hydrogen-bond acceptors (Lipinski definition) is 0. The van der Waals surface area contributed by atoms with Crippen LogP contribution >= 0.6 is 0 Å². The van der Waals surface area contributed by atoms with E-state index in [1.54, 1.807) is 27.8 Å². The molecule has 0 radical (unpaired) electrons. The molecule has 0 bridgehead atoms. The predicted octanol–water partition coefficient (Wildman–Crippen LogP) is 4.32. The second-order valence-corrected chi connectivity index (χ2v) is 14.8. The Balaban J connectivity index is 0.00000185. The van der Waals surface area contributed by atoms with E-state index in [9.17, 15) is 0 Å². The third kappa shape index (κ3) is 5.63. The fourth-order valence-electron chi connectivity index (χ4n) is 6.44. The topological polar surface area (TPSA) is 0 Å². The summed E-state index contributed by atoms with van der Waals surface area (Å²) in [6.07, 6.45) is 7.46. The van der Waals surface area contributed by atoms with Crippen LogP contribution < -0.4 is 24.8 Å². The standard InChI is InChI=1S/C19H19.C18H17.2ClH.Zr/c1-3-7-15-10-11-17(16-8-5-4-6-9-16)19-13-14(2)12-18(15)19;1-13(2)16-11-15-9-6-10-17(18(15)12-16)14-7-4-3-5-8-14;;;/h4-6,8-13H,3,7H2,1-2H3;3-13H,1-2H3;2*1H;/q;;;;+2/p-2. The van der Waals surface area contributed by atoms with Crippen LogP contribution in [-0.4, -0.2) is 0 Å². The van der Waals surface area contributed by atoms with Gasteiger partial charge in [0.15, 0.2) is 0 Å². The van der Waals surface area contributed by atoms with Gasteiger partial charge in [0.2, 0.25) is 0 Å². The van der Waals surface area contributed by atoms with Crippen molar-refractivity contribution >= 4 is 12.2 Å². The van der Waals surface area contributed by atoms with E-state index in [4.69, 9.17) is 0 Å². The molecular formula is C37H36Cl2Zr. The molecular weight excluding hydrogens is 607 g/mol. The Hall–Kier alpha value is -2.18. The summed E-state index contributed by atoms with van der Waals surface area (Å²) in [4.78, 5) is 0. The molecule has 0 amide bonds. The molecule has 6 rings (SSSR count). The molecule has 2 aliphatic rings. The first-order valence-corrected chi connectivity index (χ1v) is 17.0. The van der Waals surface area contributed by atoms with Gasteiger partial charge in [0.05, 0.1) is 0 Å². The SMILES string of the molecule is CCCc1ccc(-c2ccccc2)c2c1[CH]([Zr+2][CH]1C(C(C)C)=Cc3c(-c4ccccc4)cccc31)C(C)=C2.[Cl-].[Cl-]. The van der Waals surface area contributed by atoms with E-state index in [0.29, 0.717) is 13.2 Å². The smallest absolute Gasteiger partial charge is 1.00 e. The zero-order valence-electron chi connectivity index (χ0n) is 23.7. The molecule has 0 N–H and O–H groups in total. The molecule has 4 aromatic carbocycles. The van der Waals surface area contributed by atoms with Crippen LogP contribution in [0.1, 0.15) is 69.2 Å². The third-order valence-electron chi connectivity index (χ3n) is 8.28. The summed E-state index contributed by atoms with van der Waals surface area (Å²) in [5, 5.41) is 0. The number of fused-ring (bicyclic) bond motifs is 2. The van der Waals surface area contributed by atoms with Crippen molar-refractivity contribution in [2.24, 2.45) is 5.92 Å². The molecule has 0 heterocycles. The fourth-order valence-corrected chi connectivity index (χ4v) is 11.9. The minimum Gasteiger partial charge on any atom is -1.00 e. The van der Waals surface area contributed by atoms with Crippen molar-refractivity contribution in [2.45, 2.75) is 47.8 Å². The second kappa shape index (κ2) is 13.2. The van der Waals surface area contributed by atoms with E-state index in [1.807, 2.05) is 0 Å². The van der Waals surface area contributed by atoms with Gasteiger partial charge in [-0.05, 0) is 0 Å². The van der Waals surface area contributed by atoms with Crippen LogP contribution in [0.2, 0.25) is 0 Å². The van der Waals surface area contributed by atoms with Crippen LogP contribution in [0.5, 0.6) is 0 Å². The summed E-state index contributed by atoms with van der Waals surface area (Å²) in [6.45, 7) is 9.52. The normalized spacial score (nSPS) is 16.7. The third-order valence-corrected chi connectivity index (χ3v) is 13.3. The Morgan fingerprint density at radius 1 is 0.675 bits per heavy atom. The van der Waals surface area contributed by atoms with E-state index in [0.717, 1.165) is 0 Å². The van der Waals surface area contributed by atoms with Crippen molar-refractivity contribution < 1.29 is 48.0 Å². The maximum atomic E-state index is 2.57. The molecule has 0 spiro atoms. The summed E-state index contributed by atoms with van der Waals surface area (Å²) >= 11 is -0.937. The molecule has 0 saturated carbocycles. The monoisotopic (exact) mass is 640 g/mol. The van der Waals surface area contributed by atoms with Crippen molar-refractivity contribution in [3.8, 4) is 22.3 Å². The Morgan fingerprint density at radius 3 is 1.90 bits per heavy atom. The van der Waals surface area contributed by atoms with Crippen LogP contribution in [0, 0.1) is 5.92 Å². The Morgan fingerprint density at radius 2 is 1.30 bits per heavy atom. The van der Waals surface area contributed by atoms with Crippen molar-refractivity contribution in [3.63, 3.8) is 0 Å². The molecule has 3 heteroatoms. The van der Waals surface area contributed by atoms with E-state index >= 15 is 0 Å². The first-order valence-electron chi connectivity index (χ1n) is 14.1. The molecule has 4 aromatic rings. The molecule has 0 aliphatic heterocycles. The first kappa shape index (κ1) is 30.8. The summed E-state index contributed by atoms with van der Waals surface area (Å²) < 4.78 is 1.24. The van der Waals surface area contributed by atoms with Gasteiger partial charge in [0.25, 0.3) is 0 Å². The molecule has 0 nitrogen and oxygen atoms in total. The largest absolute Gasteiger partial charge is 1.00 e. The van der Waals surface area contributed by atoms with Gasteiger partial charge in [-0.2, -0.15) is 0 Å². The second-order valence-electron chi connectivity index (χ2n) is 11.1. The molecule has 40 heavy (non-hydrogen) atoms. The van der Waals surface area contributed by atoms with Gasteiger partial charge in [0.1, 0.15) is 0 Å². The van der Waals surface area contributed by atoms with Gasteiger partial charge in [-0.25, -0.2) is 0 Å². The fraction of sp³-hybridized carbons (Fsp3) is 0.243. The molecule has 0 saturated heterocycles. The minimum atomic E-state index is -0.937. The summed E-state index contributed by atoms with van der Waals surface area (Å²) in [6, 6.07) is 33.8. The average Bonchev–Trinajstić information content (AvgIpc) is 3.48. The summed E-state index contributed by atoms with van der Waals surface area (Å²) in [5.74, 6) is 0.563. The van der Waals surface area contributed by atoms with E-state index in [2.05, 4.69) is 131 Å². The van der Waals surface area contributed by atoms with Gasteiger partial charge in [0, 0.05) is 0 Å². The number of rotatable bonds is 7. The zero-order chi connectivity index (χ0) is 26.2. The quantitative estimate of drug-likeness (QED) is 0.282. The number of benzene rings is 4. The number of hydrogen-bond donors (Lipinski definition) is 0. The predicted molar refractivity (Wildman–Crippen MR) is 160 cm³/mol. The van der Waals surface area contributed by atoms with Crippen molar-refractivity contribution in [1.82, 2.24) is 0 Å². The van der Waals surface area contributed by atoms with Gasteiger partial charge in [-0.3, -0.25) is 0 Å². The van der Waals surface area contributed by atoms with Gasteiger partial charge >= 0.3 is 241 Å². The molecule has 2 aliphatic carbocycles. The van der Waals surface area contributed by atoms with Crippen molar-refractivity contribution in [2.75, 3.05) is 0 Å². The Kier molecular flexibility index (Phi) is 10.2. The van der Waals surface area contributed by atoms with Crippen LogP contribution in [0.15, 0.2) is 102 Å². The first-order chi connectivity index (χ1) is 18.6. The number of aryl methyl sites for hydroxylation is 1. The van der Waals surface area contributed by atoms with Crippen LogP contribution in [0.25, 0.3) is 34.4 Å². The summed E-state index contributed by atoms with van der Waals surface area (Å²) in [5.41, 5.74) is 16.5. The molecule has 2 unspecified atom stereocenters. The minimum absolute atomic E-state index is 0. The maximum Gasteiger partial charge on any atom is -1.00 e. The molecule has 0 fully saturated rings.